The van der Waals surface area contributed by atoms with E-state index in [1.54, 1.807) is 0 Å². The highest BCUT2D eigenvalue weighted by Gasteiger charge is 2.51. The van der Waals surface area contributed by atoms with E-state index >= 15 is 0 Å². The summed E-state index contributed by atoms with van der Waals surface area (Å²) in [5, 5.41) is 8.11. The Labute approximate surface area is 271 Å². The summed E-state index contributed by atoms with van der Waals surface area (Å²) in [5.41, 5.74) is 11.0. The normalized spacial score (nSPS) is 14.5. The number of anilines is 1. The molecule has 0 bridgehead atoms. The number of halogens is 1. The molecule has 1 atom stereocenters. The Bertz CT molecular complexity index is 1400. The minimum Gasteiger partial charge on any atom is -0.494 e. The topological polar surface area (TPSA) is 108 Å². The molecule has 1 heterocycles. The van der Waals surface area contributed by atoms with Crippen LogP contribution < -0.4 is 21.6 Å². The molecule has 1 saturated carbocycles. The van der Waals surface area contributed by atoms with Crippen LogP contribution in [-0.2, 0) is 28.6 Å². The van der Waals surface area contributed by atoms with Crippen molar-refractivity contribution in [3.8, 4) is 5.75 Å². The van der Waals surface area contributed by atoms with E-state index in [0.29, 0.717) is 32.0 Å². The molecular weight excluding hydrogens is 565 g/mol. The van der Waals surface area contributed by atoms with Crippen LogP contribution in [-0.4, -0.2) is 30.1 Å². The molecule has 1 aliphatic rings. The number of hydrogen-bond acceptors (Lipinski definition) is 4. The first-order chi connectivity index (χ1) is 21.6. The lowest BCUT2D eigenvalue weighted by atomic mass is 9.91. The third-order valence-electron chi connectivity index (χ3n) is 8.35. The fourth-order valence-corrected chi connectivity index (χ4v) is 6.10. The Balaban J connectivity index is 0.00000169. The third kappa shape index (κ3) is 9.24. The lowest BCUT2D eigenvalue weighted by Crippen LogP contribution is -2.28. The molecule has 0 saturated heterocycles. The maximum Gasteiger partial charge on any atom is 0.235 e. The number of aromatic nitrogens is 1. The Hall–Kier alpha value is -3.55. The van der Waals surface area contributed by atoms with Gasteiger partial charge in [-0.25, -0.2) is 0 Å². The summed E-state index contributed by atoms with van der Waals surface area (Å²) in [5.74, 6) is 7.29. The number of nitrogens with one attached hydrogen (secondary N) is 1. The molecular formula is C37H58FN5O2. The summed E-state index contributed by atoms with van der Waals surface area (Å²) in [4.78, 5) is 13.7. The second-order valence-corrected chi connectivity index (χ2v) is 12.7. The van der Waals surface area contributed by atoms with Gasteiger partial charge in [0.15, 0.2) is 0 Å². The minimum absolute atomic E-state index is 0.0470. The van der Waals surface area contributed by atoms with Crippen LogP contribution in [0.25, 0.3) is 10.9 Å². The Kier molecular flexibility index (Phi) is 14.4. The molecule has 1 aromatic heterocycles. The van der Waals surface area contributed by atoms with Gasteiger partial charge in [0, 0.05) is 40.7 Å². The van der Waals surface area contributed by atoms with Gasteiger partial charge in [-0.1, -0.05) is 73.4 Å². The summed E-state index contributed by atoms with van der Waals surface area (Å²) in [6, 6.07) is 14.9. The molecule has 1 fully saturated rings. The van der Waals surface area contributed by atoms with E-state index in [4.69, 9.17) is 16.3 Å². The van der Waals surface area contributed by atoms with Gasteiger partial charge < -0.3 is 26.2 Å². The van der Waals surface area contributed by atoms with Crippen molar-refractivity contribution in [2.45, 2.75) is 118 Å². The molecule has 1 amide bonds. The third-order valence-corrected chi connectivity index (χ3v) is 8.35. The maximum atomic E-state index is 13.7. The number of carbonyl (C=O) groups is 1. The first-order valence-electron chi connectivity index (χ1n) is 16.7. The van der Waals surface area contributed by atoms with Crippen molar-refractivity contribution in [1.29, 1.82) is 0 Å². The predicted molar refractivity (Wildman–Crippen MR) is 189 cm³/mol. The van der Waals surface area contributed by atoms with Crippen LogP contribution >= 0.6 is 0 Å². The Morgan fingerprint density at radius 2 is 1.76 bits per heavy atom. The van der Waals surface area contributed by atoms with Gasteiger partial charge in [0.05, 0.1) is 19.2 Å². The first-order valence-corrected chi connectivity index (χ1v) is 16.7. The molecule has 0 spiro atoms. The van der Waals surface area contributed by atoms with E-state index in [9.17, 15) is 9.18 Å². The summed E-state index contributed by atoms with van der Waals surface area (Å²) in [7, 11) is 0.500. The van der Waals surface area contributed by atoms with Crippen LogP contribution in [0.2, 0.25) is 0 Å². The average Bonchev–Trinajstić information content (AvgIpc) is 3.76. The summed E-state index contributed by atoms with van der Waals surface area (Å²) < 4.78 is 17.8. The van der Waals surface area contributed by atoms with Gasteiger partial charge in [0.1, 0.15) is 11.6 Å². The van der Waals surface area contributed by atoms with Gasteiger partial charge in [-0.15, -0.1) is 0 Å². The van der Waals surface area contributed by atoms with Gasteiger partial charge in [-0.3, -0.25) is 9.18 Å². The zero-order valence-corrected chi connectivity index (χ0v) is 29.2. The van der Waals surface area contributed by atoms with Crippen molar-refractivity contribution in [2.75, 3.05) is 19.1 Å². The number of nitrogens with two attached hydrogens (primary N) is 2. The van der Waals surface area contributed by atoms with Crippen molar-refractivity contribution >= 4 is 28.3 Å². The highest BCUT2D eigenvalue weighted by atomic mass is 19.1. The molecule has 4 rings (SSSR count). The molecule has 45 heavy (non-hydrogen) atoms. The molecule has 0 radical (unpaired) electrons. The molecule has 5 N–H and O–H groups in total. The largest absolute Gasteiger partial charge is 0.494 e. The number of fused-ring (bicyclic) bond motifs is 1. The maximum absolute atomic E-state index is 13.7. The van der Waals surface area contributed by atoms with Crippen LogP contribution in [0.3, 0.4) is 0 Å². The minimum atomic E-state index is -0.470. The fourth-order valence-electron chi connectivity index (χ4n) is 6.10. The number of nitrogens with zero attached hydrogens (tertiary/aromatic N) is 2. The summed E-state index contributed by atoms with van der Waals surface area (Å²) in [6.07, 6.45) is 6.48. The van der Waals surface area contributed by atoms with E-state index in [2.05, 4.69) is 79.9 Å². The fraction of sp³-hybridized carbons (Fsp3) is 0.568. The highest BCUT2D eigenvalue weighted by Crippen LogP contribution is 2.50. The molecule has 8 heteroatoms. The number of benzene rings is 2. The van der Waals surface area contributed by atoms with Crippen LogP contribution in [0.4, 0.5) is 10.1 Å². The number of alkyl halides is 1. The number of amidine groups is 1. The second-order valence-electron chi connectivity index (χ2n) is 12.7. The summed E-state index contributed by atoms with van der Waals surface area (Å²) in [6.45, 7) is 18.6. The molecule has 250 valence electrons. The van der Waals surface area contributed by atoms with Gasteiger partial charge in [-0.05, 0) is 80.0 Å². The number of hydrazone groups is 1. The molecule has 1 aliphatic carbocycles. The zero-order valence-electron chi connectivity index (χ0n) is 29.2. The van der Waals surface area contributed by atoms with E-state index in [1.165, 1.54) is 11.3 Å². The lowest BCUT2D eigenvalue weighted by Gasteiger charge is -2.25. The van der Waals surface area contributed by atoms with E-state index in [-0.39, 0.29) is 11.3 Å². The highest BCUT2D eigenvalue weighted by molar-refractivity contribution is 6.02. The van der Waals surface area contributed by atoms with E-state index in [0.717, 1.165) is 73.0 Å². The van der Waals surface area contributed by atoms with E-state index in [1.807, 2.05) is 32.9 Å². The van der Waals surface area contributed by atoms with Crippen molar-refractivity contribution < 1.29 is 13.9 Å². The van der Waals surface area contributed by atoms with E-state index < -0.39 is 5.41 Å². The number of hydrogen-bond donors (Lipinski definition) is 3. The molecule has 7 nitrogen and oxygen atoms in total. The molecule has 1 unspecified atom stereocenters. The quantitative estimate of drug-likeness (QED) is 0.0767. The van der Waals surface area contributed by atoms with Crippen molar-refractivity contribution in [3.63, 3.8) is 0 Å². The lowest BCUT2D eigenvalue weighted by molar-refractivity contribution is -0.118. The van der Waals surface area contributed by atoms with Crippen LogP contribution in [0, 0.1) is 5.92 Å². The van der Waals surface area contributed by atoms with Crippen LogP contribution in [0.5, 0.6) is 5.75 Å². The molecule has 0 aliphatic heterocycles. The van der Waals surface area contributed by atoms with Gasteiger partial charge in [0.2, 0.25) is 5.91 Å². The number of rotatable bonds is 13. The summed E-state index contributed by atoms with van der Waals surface area (Å²) >= 11 is 0. The van der Waals surface area contributed by atoms with Crippen molar-refractivity contribution in [2.24, 2.45) is 22.6 Å². The van der Waals surface area contributed by atoms with Crippen molar-refractivity contribution in [3.05, 3.63) is 59.3 Å². The smallest absolute Gasteiger partial charge is 0.235 e. The number of amides is 1. The first kappa shape index (κ1) is 37.6. The Morgan fingerprint density at radius 1 is 1.07 bits per heavy atom. The van der Waals surface area contributed by atoms with Gasteiger partial charge in [0.25, 0.3) is 0 Å². The standard InChI is InChI=1S/C34H49N5O2.C2H6.CH3F/c1-7-10-23(18-31(35)38-36)22-39-28-14-13-27(20-25(28)21-30(39)33(4,5)6)37-32(40)34(16-17-34)26-12-15-29(41-9-3)24(19-26)11-8-2;2*1-2/h12-15,19-21,23H,7-11,16-18,22,36H2,1-6H3,(H2,35,38)(H,37,40);1-2H3;1H3. The number of carbonyl (C=O) groups excluding carboxylic acids is 1. The molecule has 3 aromatic rings. The van der Waals surface area contributed by atoms with Crippen molar-refractivity contribution in [1.82, 2.24) is 4.57 Å². The number of ether oxygens (including phenoxy) is 1. The Morgan fingerprint density at radius 3 is 2.31 bits per heavy atom. The van der Waals surface area contributed by atoms with Crippen LogP contribution in [0.1, 0.15) is 111 Å². The molecule has 2 aromatic carbocycles. The predicted octanol–water partition coefficient (Wildman–Crippen LogP) is 8.61. The van der Waals surface area contributed by atoms with Gasteiger partial charge in [-0.2, -0.15) is 5.10 Å². The SMILES string of the molecule is CC.CCCc1cc(C2(C(=O)Nc3ccc4c(c3)cc(C(C)(C)C)n4CC(CCC)C/C(N)=N/N)CC2)ccc1OCC.CF. The van der Waals surface area contributed by atoms with Gasteiger partial charge >= 0.3 is 0 Å². The second kappa shape index (κ2) is 17.2. The number of aryl methyl sites for hydroxylation is 1. The zero-order chi connectivity index (χ0) is 33.8. The average molecular weight is 624 g/mol. The van der Waals surface area contributed by atoms with Crippen LogP contribution in [0.15, 0.2) is 47.6 Å². The monoisotopic (exact) mass is 623 g/mol.